The first-order chi connectivity index (χ1) is 33.0. The van der Waals surface area contributed by atoms with Crippen molar-refractivity contribution < 1.29 is 4.74 Å². The number of rotatable bonds is 5. The van der Waals surface area contributed by atoms with Gasteiger partial charge >= 0.3 is 6.85 Å². The highest BCUT2D eigenvalue weighted by molar-refractivity contribution is 6.90. The van der Waals surface area contributed by atoms with Crippen LogP contribution in [0.4, 0.5) is 34.1 Å². The molecule has 8 aromatic rings. The third-order valence-electron chi connectivity index (χ3n) is 19.6. The highest BCUT2D eigenvalue weighted by atomic mass is 16.5. The first kappa shape index (κ1) is 36.9. The first-order valence-corrected chi connectivity index (χ1v) is 25.9. The van der Waals surface area contributed by atoms with Gasteiger partial charge in [0.05, 0.1) is 11.4 Å². The summed E-state index contributed by atoms with van der Waals surface area (Å²) in [5, 5.41) is 2.97. The van der Waals surface area contributed by atoms with E-state index in [-0.39, 0.29) is 12.3 Å². The lowest BCUT2D eigenvalue weighted by molar-refractivity contribution is -0.00527. The van der Waals surface area contributed by atoms with Gasteiger partial charge in [-0.25, -0.2) is 0 Å². The summed E-state index contributed by atoms with van der Waals surface area (Å²) in [7, 11) is 0. The second-order valence-corrected chi connectivity index (χ2v) is 23.4. The van der Waals surface area contributed by atoms with Gasteiger partial charge in [-0.2, -0.15) is 0 Å². The number of aromatic nitrogens is 1. The minimum absolute atomic E-state index is 0.0238. The van der Waals surface area contributed by atoms with Crippen molar-refractivity contribution >= 4 is 73.7 Å². The number of fused-ring (bicyclic) bond motifs is 9. The van der Waals surface area contributed by atoms with Crippen LogP contribution in [0.15, 0.2) is 146 Å². The SMILES string of the molecule is c1ccc(N(c2ccccc2)c2cc3c4c(c2)N2c5ccccc5Oc5cccc(c52)B4n2c4ccc(C56CC7CC(CC(C7)C5)C6)cc4c4cc(C56CC7CC(CC(C7)C5)C6)cc-3c42)cc1. The van der Waals surface area contributed by atoms with Crippen molar-refractivity contribution in [3.05, 3.63) is 157 Å². The molecule has 0 N–H and O–H groups in total. The molecule has 8 saturated carbocycles. The summed E-state index contributed by atoms with van der Waals surface area (Å²) < 4.78 is 9.73. The van der Waals surface area contributed by atoms with Crippen LogP contribution in [0.5, 0.6) is 11.5 Å². The molecule has 0 amide bonds. The Labute approximate surface area is 393 Å². The quantitative estimate of drug-likeness (QED) is 0.161. The Hall–Kier alpha value is -6.20. The minimum Gasteiger partial charge on any atom is -0.453 e. The van der Waals surface area contributed by atoms with Crippen molar-refractivity contribution in [1.29, 1.82) is 0 Å². The van der Waals surface area contributed by atoms with Gasteiger partial charge in [-0.05, 0) is 230 Å². The minimum atomic E-state index is -0.0238. The molecule has 8 aliphatic carbocycles. The molecule has 67 heavy (non-hydrogen) atoms. The van der Waals surface area contributed by atoms with E-state index in [9.17, 15) is 0 Å². The molecule has 0 spiro atoms. The van der Waals surface area contributed by atoms with Crippen LogP contribution in [-0.2, 0) is 10.8 Å². The maximum absolute atomic E-state index is 6.91. The smallest absolute Gasteiger partial charge is 0.333 e. The lowest BCUT2D eigenvalue weighted by Gasteiger charge is -2.57. The van der Waals surface area contributed by atoms with Gasteiger partial charge in [-0.15, -0.1) is 0 Å². The molecule has 11 aliphatic rings. The van der Waals surface area contributed by atoms with Crippen molar-refractivity contribution in [2.24, 2.45) is 35.5 Å². The topological polar surface area (TPSA) is 20.6 Å². The number of hydrogen-bond donors (Lipinski definition) is 0. The molecule has 0 saturated heterocycles. The molecule has 0 unspecified atom stereocenters. The lowest BCUT2D eigenvalue weighted by atomic mass is 9.44. The van der Waals surface area contributed by atoms with Crippen LogP contribution in [0.3, 0.4) is 0 Å². The molecular weight excluding hydrogens is 814 g/mol. The van der Waals surface area contributed by atoms with Crippen LogP contribution < -0.4 is 25.5 Å². The van der Waals surface area contributed by atoms with Crippen molar-refractivity contribution in [2.45, 2.75) is 87.9 Å². The van der Waals surface area contributed by atoms with E-state index in [0.29, 0.717) is 5.41 Å². The summed E-state index contributed by atoms with van der Waals surface area (Å²) in [6.07, 6.45) is 17.0. The number of ether oxygens (including phenoxy) is 1. The zero-order chi connectivity index (χ0) is 43.3. The number of anilines is 6. The Kier molecular flexibility index (Phi) is 7.08. The largest absolute Gasteiger partial charge is 0.453 e. The monoisotopic (exact) mass is 867 g/mol. The van der Waals surface area contributed by atoms with Crippen LogP contribution in [0, 0.1) is 35.5 Å². The van der Waals surface area contributed by atoms with Crippen molar-refractivity contribution in [3.8, 4) is 22.6 Å². The highest BCUT2D eigenvalue weighted by Gasteiger charge is 2.54. The summed E-state index contributed by atoms with van der Waals surface area (Å²) in [5.41, 5.74) is 19.2. The van der Waals surface area contributed by atoms with Gasteiger partial charge in [-0.1, -0.05) is 66.7 Å². The van der Waals surface area contributed by atoms with Gasteiger partial charge in [0.25, 0.3) is 0 Å². The van der Waals surface area contributed by atoms with Crippen LogP contribution in [-0.4, -0.2) is 11.3 Å². The van der Waals surface area contributed by atoms with Gasteiger partial charge < -0.3 is 19.0 Å². The standard InChI is InChI=1S/C62H54BN3O/c1-3-10-45(11-4-1)64(46-12-5-2-6-13-46)47-29-49-51-28-44(62-34-40-23-41(35-62)25-42(24-40)36-62)27-50-48-26-43(61-31-37-20-38(32-61)22-39(21-37)33-61)18-19-53(48)66(59(50)51)63-52-14-9-17-57-60(52)65(55(30-47)58(49)63)54-15-7-8-16-56(54)67-57/h1-19,26-30,37-42H,20-25,31-36H2. The molecule has 8 fully saturated rings. The van der Waals surface area contributed by atoms with Gasteiger partial charge in [0.1, 0.15) is 0 Å². The number of nitrogens with zero attached hydrogens (tertiary/aromatic N) is 3. The molecule has 4 nitrogen and oxygen atoms in total. The van der Waals surface area contributed by atoms with E-state index < -0.39 is 0 Å². The molecule has 8 bridgehead atoms. The maximum atomic E-state index is 6.91. The second-order valence-electron chi connectivity index (χ2n) is 23.4. The average Bonchev–Trinajstić information content (AvgIpc) is 3.67. The van der Waals surface area contributed by atoms with Crippen molar-refractivity contribution in [3.63, 3.8) is 0 Å². The second kappa shape index (κ2) is 12.9. The molecule has 0 radical (unpaired) electrons. The predicted molar refractivity (Wildman–Crippen MR) is 274 cm³/mol. The molecule has 0 atom stereocenters. The third-order valence-corrected chi connectivity index (χ3v) is 19.6. The Morgan fingerprint density at radius 1 is 0.478 bits per heavy atom. The van der Waals surface area contributed by atoms with E-state index in [2.05, 4.69) is 160 Å². The van der Waals surface area contributed by atoms with Crippen LogP contribution >= 0.6 is 0 Å². The summed E-state index contributed by atoms with van der Waals surface area (Å²) in [6.45, 7) is -0.0238. The van der Waals surface area contributed by atoms with Gasteiger partial charge in [0.15, 0.2) is 11.5 Å². The summed E-state index contributed by atoms with van der Waals surface area (Å²) in [6, 6.07) is 56.2. The highest BCUT2D eigenvalue weighted by Crippen LogP contribution is 2.64. The van der Waals surface area contributed by atoms with E-state index in [1.165, 1.54) is 138 Å². The van der Waals surface area contributed by atoms with Gasteiger partial charge in [-0.3, -0.25) is 0 Å². The molecule has 7 aromatic carbocycles. The third kappa shape index (κ3) is 4.91. The maximum Gasteiger partial charge on any atom is 0.333 e. The molecule has 3 aliphatic heterocycles. The van der Waals surface area contributed by atoms with E-state index in [4.69, 9.17) is 4.74 Å². The first-order valence-electron chi connectivity index (χ1n) is 25.9. The van der Waals surface area contributed by atoms with Gasteiger partial charge in [0, 0.05) is 50.1 Å². The molecular formula is C62H54BN3O. The van der Waals surface area contributed by atoms with Crippen LogP contribution in [0.1, 0.15) is 88.2 Å². The lowest BCUT2D eigenvalue weighted by Crippen LogP contribution is -2.57. The fraction of sp³-hybridized carbons (Fsp3) is 0.323. The van der Waals surface area contributed by atoms with E-state index in [0.717, 1.165) is 64.1 Å². The molecule has 4 heterocycles. The zero-order valence-corrected chi connectivity index (χ0v) is 38.1. The Morgan fingerprint density at radius 3 is 1.72 bits per heavy atom. The summed E-state index contributed by atoms with van der Waals surface area (Å²) in [4.78, 5) is 5.06. The van der Waals surface area contributed by atoms with Crippen molar-refractivity contribution in [1.82, 2.24) is 4.48 Å². The van der Waals surface area contributed by atoms with Crippen LogP contribution in [0.2, 0.25) is 0 Å². The Bertz CT molecular complexity index is 3330. The molecule has 1 aromatic heterocycles. The summed E-state index contributed by atoms with van der Waals surface area (Å²) in [5.74, 6) is 7.19. The Morgan fingerprint density at radius 2 is 1.06 bits per heavy atom. The number of hydrogen-bond acceptors (Lipinski definition) is 3. The van der Waals surface area contributed by atoms with E-state index >= 15 is 0 Å². The van der Waals surface area contributed by atoms with Gasteiger partial charge in [0.2, 0.25) is 0 Å². The number of benzene rings is 7. The van der Waals surface area contributed by atoms with E-state index in [1.54, 1.807) is 11.1 Å². The fourth-order valence-corrected chi connectivity index (χ4v) is 18.0. The molecule has 19 rings (SSSR count). The number of para-hydroxylation sites is 5. The molecule has 5 heteroatoms. The van der Waals surface area contributed by atoms with E-state index in [1.807, 2.05) is 0 Å². The normalized spacial score (nSPS) is 29.3. The zero-order valence-electron chi connectivity index (χ0n) is 38.1. The summed E-state index contributed by atoms with van der Waals surface area (Å²) >= 11 is 0. The Balaban J connectivity index is 0.996. The van der Waals surface area contributed by atoms with Crippen molar-refractivity contribution in [2.75, 3.05) is 9.80 Å². The van der Waals surface area contributed by atoms with Crippen LogP contribution in [0.25, 0.3) is 32.9 Å². The average molecular weight is 868 g/mol. The fourth-order valence-electron chi connectivity index (χ4n) is 18.0. The molecule has 326 valence electrons. The predicted octanol–water partition coefficient (Wildman–Crippen LogP) is 14.7.